The summed E-state index contributed by atoms with van der Waals surface area (Å²) < 4.78 is 59.7. The number of nitrogens with one attached hydrogen (secondary N) is 2. The van der Waals surface area contributed by atoms with Crippen LogP contribution in [-0.2, 0) is 4.74 Å². The van der Waals surface area contributed by atoms with Gasteiger partial charge in [-0.3, -0.25) is 14.6 Å². The molecular formula is C20H16F4N4O4. The minimum absolute atomic E-state index is 0.0613. The summed E-state index contributed by atoms with van der Waals surface area (Å²) >= 11 is 0. The molecule has 1 aromatic carbocycles. The van der Waals surface area contributed by atoms with Crippen molar-refractivity contribution in [1.29, 1.82) is 0 Å². The van der Waals surface area contributed by atoms with Gasteiger partial charge in [0.15, 0.2) is 17.4 Å². The van der Waals surface area contributed by atoms with E-state index in [1.807, 2.05) is 0 Å². The third-order valence-electron chi connectivity index (χ3n) is 4.10. The fourth-order valence-corrected chi connectivity index (χ4v) is 2.76. The zero-order valence-electron chi connectivity index (χ0n) is 16.4. The van der Waals surface area contributed by atoms with Crippen LogP contribution in [0.4, 0.5) is 17.6 Å². The second-order valence-electron chi connectivity index (χ2n) is 6.41. The van der Waals surface area contributed by atoms with Gasteiger partial charge >= 0.3 is 6.36 Å². The van der Waals surface area contributed by atoms with Gasteiger partial charge in [-0.1, -0.05) is 12.1 Å². The lowest BCUT2D eigenvalue weighted by molar-refractivity contribution is -0.275. The normalized spacial score (nSPS) is 12.3. The molecule has 1 amide bonds. The standard InChI is InChI=1S/C20H16F4N4O4/c1-31-10-15(11-5-6-16(12(21)8-11)32-20(22,23)24)27-19(30)14-9-17(29)28-18(26-14)13-4-2-3-7-25-13/h2-9,15H,10H2,1H3,(H,27,30)(H,26,28,29)/t15-/m1/s1. The lowest BCUT2D eigenvalue weighted by Crippen LogP contribution is -2.33. The quantitative estimate of drug-likeness (QED) is 0.534. The second kappa shape index (κ2) is 9.56. The molecule has 0 aliphatic heterocycles. The van der Waals surface area contributed by atoms with Crippen molar-refractivity contribution in [2.24, 2.45) is 0 Å². The van der Waals surface area contributed by atoms with Crippen molar-refractivity contribution < 1.29 is 31.8 Å². The van der Waals surface area contributed by atoms with E-state index in [9.17, 15) is 27.2 Å². The molecule has 0 spiro atoms. The number of rotatable bonds is 7. The van der Waals surface area contributed by atoms with Crippen molar-refractivity contribution in [2.75, 3.05) is 13.7 Å². The number of benzene rings is 1. The summed E-state index contributed by atoms with van der Waals surface area (Å²) in [5.41, 5.74) is -0.404. The lowest BCUT2D eigenvalue weighted by Gasteiger charge is -2.19. The van der Waals surface area contributed by atoms with Crippen LogP contribution in [0.2, 0.25) is 0 Å². The molecule has 2 heterocycles. The Morgan fingerprint density at radius 3 is 2.62 bits per heavy atom. The monoisotopic (exact) mass is 452 g/mol. The van der Waals surface area contributed by atoms with E-state index in [0.29, 0.717) is 5.69 Å². The Morgan fingerprint density at radius 1 is 1.22 bits per heavy atom. The van der Waals surface area contributed by atoms with Crippen molar-refractivity contribution in [3.8, 4) is 17.3 Å². The highest BCUT2D eigenvalue weighted by Crippen LogP contribution is 2.28. The molecule has 32 heavy (non-hydrogen) atoms. The minimum atomic E-state index is -5.06. The van der Waals surface area contributed by atoms with Gasteiger partial charge in [0.2, 0.25) is 0 Å². The lowest BCUT2D eigenvalue weighted by atomic mass is 10.1. The largest absolute Gasteiger partial charge is 0.573 e. The molecule has 0 fully saturated rings. The summed E-state index contributed by atoms with van der Waals surface area (Å²) in [4.78, 5) is 35.3. The Balaban J connectivity index is 1.85. The molecule has 0 saturated heterocycles. The van der Waals surface area contributed by atoms with Gasteiger partial charge in [-0.2, -0.15) is 0 Å². The third-order valence-corrected chi connectivity index (χ3v) is 4.10. The number of H-pyrrole nitrogens is 1. The molecule has 0 saturated carbocycles. The van der Waals surface area contributed by atoms with Crippen LogP contribution in [0.3, 0.4) is 0 Å². The number of amides is 1. The topological polar surface area (TPSA) is 106 Å². The summed E-state index contributed by atoms with van der Waals surface area (Å²) in [5, 5.41) is 2.52. The highest BCUT2D eigenvalue weighted by atomic mass is 19.4. The number of aromatic amines is 1. The number of carbonyl (C=O) groups excluding carboxylic acids is 1. The Kier molecular flexibility index (Phi) is 6.83. The van der Waals surface area contributed by atoms with Crippen LogP contribution in [0.15, 0.2) is 53.5 Å². The Hall–Kier alpha value is -3.80. The Labute approximate surface area is 178 Å². The molecule has 0 bridgehead atoms. The van der Waals surface area contributed by atoms with E-state index in [4.69, 9.17) is 4.74 Å². The molecule has 3 aromatic rings. The SMILES string of the molecule is COC[C@@H](NC(=O)c1cc(=O)[nH]c(-c2ccccn2)n1)c1ccc(OC(F)(F)F)c(F)c1. The number of halogens is 4. The van der Waals surface area contributed by atoms with E-state index in [-0.39, 0.29) is 23.7 Å². The number of ether oxygens (including phenoxy) is 2. The van der Waals surface area contributed by atoms with Gasteiger partial charge in [0, 0.05) is 19.4 Å². The Morgan fingerprint density at radius 2 is 2.00 bits per heavy atom. The van der Waals surface area contributed by atoms with Crippen molar-refractivity contribution in [2.45, 2.75) is 12.4 Å². The molecule has 2 N–H and O–H groups in total. The van der Waals surface area contributed by atoms with Crippen molar-refractivity contribution in [1.82, 2.24) is 20.3 Å². The molecule has 0 aliphatic carbocycles. The number of nitrogens with zero attached hydrogens (tertiary/aromatic N) is 2. The molecule has 12 heteroatoms. The molecule has 1 atom stereocenters. The van der Waals surface area contributed by atoms with E-state index < -0.39 is 35.4 Å². The second-order valence-corrected chi connectivity index (χ2v) is 6.41. The van der Waals surface area contributed by atoms with E-state index in [0.717, 1.165) is 24.3 Å². The number of alkyl halides is 3. The number of hydrogen-bond acceptors (Lipinski definition) is 6. The van der Waals surface area contributed by atoms with E-state index in [1.54, 1.807) is 18.2 Å². The zero-order chi connectivity index (χ0) is 23.3. The predicted molar refractivity (Wildman–Crippen MR) is 103 cm³/mol. The van der Waals surface area contributed by atoms with Crippen molar-refractivity contribution in [3.05, 3.63) is 76.1 Å². The highest BCUT2D eigenvalue weighted by Gasteiger charge is 2.32. The first-order valence-corrected chi connectivity index (χ1v) is 9.04. The van der Waals surface area contributed by atoms with Crippen LogP contribution in [0.5, 0.6) is 5.75 Å². The zero-order valence-corrected chi connectivity index (χ0v) is 16.4. The Bertz CT molecular complexity index is 1150. The maximum atomic E-state index is 14.1. The number of aromatic nitrogens is 3. The van der Waals surface area contributed by atoms with Gasteiger partial charge in [0.05, 0.1) is 12.6 Å². The molecule has 2 aromatic heterocycles. The number of carbonyl (C=O) groups is 1. The summed E-state index contributed by atoms with van der Waals surface area (Å²) in [6.45, 7) is -0.138. The van der Waals surface area contributed by atoms with E-state index in [2.05, 4.69) is 25.0 Å². The van der Waals surface area contributed by atoms with Gasteiger partial charge in [-0.25, -0.2) is 9.37 Å². The number of hydrogen-bond donors (Lipinski definition) is 2. The maximum absolute atomic E-state index is 14.1. The maximum Gasteiger partial charge on any atom is 0.573 e. The average molecular weight is 452 g/mol. The third kappa shape index (κ3) is 5.88. The van der Waals surface area contributed by atoms with E-state index >= 15 is 0 Å². The first-order chi connectivity index (χ1) is 15.2. The van der Waals surface area contributed by atoms with E-state index in [1.165, 1.54) is 13.3 Å². The van der Waals surface area contributed by atoms with Crippen LogP contribution < -0.4 is 15.6 Å². The molecule has 0 aliphatic rings. The van der Waals surface area contributed by atoms with Crippen molar-refractivity contribution >= 4 is 5.91 Å². The first kappa shape index (κ1) is 22.9. The van der Waals surface area contributed by atoms with Crippen LogP contribution in [-0.4, -0.2) is 40.9 Å². The predicted octanol–water partition coefficient (Wildman–Crippen LogP) is 2.99. The fraction of sp³-hybridized carbons (Fsp3) is 0.200. The van der Waals surface area contributed by atoms with Crippen LogP contribution >= 0.6 is 0 Å². The average Bonchev–Trinajstić information content (AvgIpc) is 2.74. The van der Waals surface area contributed by atoms with Gasteiger partial charge in [-0.05, 0) is 29.8 Å². The van der Waals surface area contributed by atoms with Crippen LogP contribution in [0.25, 0.3) is 11.5 Å². The van der Waals surface area contributed by atoms with Crippen LogP contribution in [0.1, 0.15) is 22.1 Å². The highest BCUT2D eigenvalue weighted by molar-refractivity contribution is 5.92. The molecule has 8 nitrogen and oxygen atoms in total. The fourth-order valence-electron chi connectivity index (χ4n) is 2.76. The molecule has 3 rings (SSSR count). The number of methoxy groups -OCH3 is 1. The molecule has 168 valence electrons. The van der Waals surface area contributed by atoms with Gasteiger partial charge in [-0.15, -0.1) is 13.2 Å². The molecular weight excluding hydrogens is 436 g/mol. The summed E-state index contributed by atoms with van der Waals surface area (Å²) in [5.74, 6) is -3.01. The van der Waals surface area contributed by atoms with Gasteiger partial charge in [0.1, 0.15) is 11.4 Å². The summed E-state index contributed by atoms with van der Waals surface area (Å²) in [6, 6.07) is 7.66. The van der Waals surface area contributed by atoms with Crippen LogP contribution in [0, 0.1) is 5.82 Å². The summed E-state index contributed by atoms with van der Waals surface area (Å²) in [6.07, 6.45) is -3.57. The molecule has 0 unspecified atom stereocenters. The first-order valence-electron chi connectivity index (χ1n) is 9.04. The van der Waals surface area contributed by atoms with Crippen molar-refractivity contribution in [3.63, 3.8) is 0 Å². The van der Waals surface area contributed by atoms with Gasteiger partial charge < -0.3 is 19.8 Å². The molecule has 0 radical (unpaired) electrons. The number of pyridine rings is 1. The minimum Gasteiger partial charge on any atom is -0.403 e. The smallest absolute Gasteiger partial charge is 0.403 e. The van der Waals surface area contributed by atoms with Gasteiger partial charge in [0.25, 0.3) is 11.5 Å². The summed E-state index contributed by atoms with van der Waals surface area (Å²) in [7, 11) is 1.32.